The highest BCUT2D eigenvalue weighted by Gasteiger charge is 2.18. The van der Waals surface area contributed by atoms with Gasteiger partial charge in [-0.2, -0.15) is 0 Å². The second-order valence-electron chi connectivity index (χ2n) is 4.62. The molecule has 0 bridgehead atoms. The van der Waals surface area contributed by atoms with Crippen LogP contribution in [0.5, 0.6) is 0 Å². The lowest BCUT2D eigenvalue weighted by atomic mass is 10.1. The van der Waals surface area contributed by atoms with Crippen molar-refractivity contribution in [1.82, 2.24) is 9.88 Å². The molecule has 0 aliphatic carbocycles. The van der Waals surface area contributed by atoms with E-state index in [4.69, 9.17) is 5.11 Å². The Labute approximate surface area is 113 Å². The number of hydrogen-bond donors (Lipinski definition) is 2. The fourth-order valence-electron chi connectivity index (χ4n) is 2.20. The lowest BCUT2D eigenvalue weighted by molar-refractivity contribution is 0.0721. The lowest BCUT2D eigenvalue weighted by Crippen LogP contribution is -2.34. The molecule has 0 saturated heterocycles. The van der Waals surface area contributed by atoms with Crippen LogP contribution in [0.1, 0.15) is 30.1 Å². The average Bonchev–Trinajstić information content (AvgIpc) is 2.86. The van der Waals surface area contributed by atoms with Gasteiger partial charge in [-0.15, -0.1) is 0 Å². The maximum atomic E-state index is 12.5. The monoisotopic (exact) mass is 260 g/mol. The molecule has 1 aromatic heterocycles. The summed E-state index contributed by atoms with van der Waals surface area (Å²) in [7, 11) is 0. The van der Waals surface area contributed by atoms with Crippen LogP contribution in [0.4, 0.5) is 0 Å². The lowest BCUT2D eigenvalue weighted by Gasteiger charge is -2.21. The molecule has 1 heterocycles. The number of nitrogens with one attached hydrogen (secondary N) is 1. The Balaban J connectivity index is 2.25. The van der Waals surface area contributed by atoms with Crippen molar-refractivity contribution < 1.29 is 9.90 Å². The zero-order valence-corrected chi connectivity index (χ0v) is 11.2. The number of nitrogens with zero attached hydrogens (tertiary/aromatic N) is 1. The maximum Gasteiger partial charge on any atom is 0.256 e. The van der Waals surface area contributed by atoms with Gasteiger partial charge in [-0.25, -0.2) is 0 Å². The highest BCUT2D eigenvalue weighted by molar-refractivity contribution is 6.06. The van der Waals surface area contributed by atoms with Crippen LogP contribution in [0.15, 0.2) is 30.5 Å². The fraction of sp³-hybridized carbons (Fsp3) is 0.400. The smallest absolute Gasteiger partial charge is 0.256 e. The molecule has 19 heavy (non-hydrogen) atoms. The molecule has 1 amide bonds. The summed E-state index contributed by atoms with van der Waals surface area (Å²) in [5, 5.41) is 10.0. The molecule has 4 heteroatoms. The molecule has 1 aromatic carbocycles. The number of unbranched alkanes of at least 4 members (excludes halogenated alkanes) is 1. The van der Waals surface area contributed by atoms with E-state index in [0.29, 0.717) is 18.7 Å². The summed E-state index contributed by atoms with van der Waals surface area (Å²) < 4.78 is 0. The van der Waals surface area contributed by atoms with Crippen molar-refractivity contribution in [2.75, 3.05) is 19.7 Å². The molecule has 0 saturated carbocycles. The molecular formula is C15H20N2O2. The first-order chi connectivity index (χ1) is 9.27. The normalized spacial score (nSPS) is 10.8. The molecule has 0 aliphatic rings. The predicted molar refractivity (Wildman–Crippen MR) is 76.2 cm³/mol. The Morgan fingerprint density at radius 3 is 2.84 bits per heavy atom. The third-order valence-corrected chi connectivity index (χ3v) is 3.26. The first kappa shape index (κ1) is 13.6. The summed E-state index contributed by atoms with van der Waals surface area (Å²) in [6.07, 6.45) is 3.74. The molecule has 0 radical (unpaired) electrons. The summed E-state index contributed by atoms with van der Waals surface area (Å²) in [4.78, 5) is 17.3. The first-order valence-electron chi connectivity index (χ1n) is 6.74. The van der Waals surface area contributed by atoms with E-state index >= 15 is 0 Å². The minimum atomic E-state index is -0.0139. The largest absolute Gasteiger partial charge is 0.395 e. The van der Waals surface area contributed by atoms with Crippen molar-refractivity contribution in [2.24, 2.45) is 0 Å². The molecule has 4 nitrogen and oxygen atoms in total. The molecular weight excluding hydrogens is 240 g/mol. The average molecular weight is 260 g/mol. The van der Waals surface area contributed by atoms with Gasteiger partial charge in [0, 0.05) is 30.2 Å². The second kappa shape index (κ2) is 6.38. The number of benzene rings is 1. The molecule has 0 spiro atoms. The van der Waals surface area contributed by atoms with Crippen LogP contribution < -0.4 is 0 Å². The van der Waals surface area contributed by atoms with E-state index in [1.54, 1.807) is 11.1 Å². The summed E-state index contributed by atoms with van der Waals surface area (Å²) in [6, 6.07) is 7.76. The van der Waals surface area contributed by atoms with Gasteiger partial charge in [-0.1, -0.05) is 31.5 Å². The topological polar surface area (TPSA) is 56.3 Å². The fourth-order valence-corrected chi connectivity index (χ4v) is 2.20. The van der Waals surface area contributed by atoms with Crippen molar-refractivity contribution >= 4 is 16.8 Å². The number of H-pyrrole nitrogens is 1. The Morgan fingerprint density at radius 1 is 1.32 bits per heavy atom. The van der Waals surface area contributed by atoms with E-state index in [9.17, 15) is 4.79 Å². The van der Waals surface area contributed by atoms with Crippen molar-refractivity contribution in [3.05, 3.63) is 36.0 Å². The number of carbonyl (C=O) groups is 1. The summed E-state index contributed by atoms with van der Waals surface area (Å²) in [5.41, 5.74) is 1.64. The SMILES string of the molecule is CCCCN(CCO)C(=O)c1c[nH]c2ccccc12. The second-order valence-corrected chi connectivity index (χ2v) is 4.62. The summed E-state index contributed by atoms with van der Waals surface area (Å²) >= 11 is 0. The third kappa shape index (κ3) is 2.96. The molecule has 0 unspecified atom stereocenters. The van der Waals surface area contributed by atoms with Crippen LogP contribution in [0.3, 0.4) is 0 Å². The molecule has 102 valence electrons. The molecule has 0 atom stereocenters. The van der Waals surface area contributed by atoms with E-state index < -0.39 is 0 Å². The number of aliphatic hydroxyl groups is 1. The third-order valence-electron chi connectivity index (χ3n) is 3.26. The van der Waals surface area contributed by atoms with Gasteiger partial charge >= 0.3 is 0 Å². The molecule has 2 rings (SSSR count). The molecule has 0 fully saturated rings. The van der Waals surface area contributed by atoms with Crippen molar-refractivity contribution in [3.63, 3.8) is 0 Å². The van der Waals surface area contributed by atoms with Crippen LogP contribution in [0.2, 0.25) is 0 Å². The Hall–Kier alpha value is -1.81. The number of carbonyl (C=O) groups excluding carboxylic acids is 1. The first-order valence-corrected chi connectivity index (χ1v) is 6.74. The minimum absolute atomic E-state index is 0.00217. The van der Waals surface area contributed by atoms with Gasteiger partial charge in [-0.05, 0) is 12.5 Å². The predicted octanol–water partition coefficient (Wildman–Crippen LogP) is 2.40. The number of amides is 1. The summed E-state index contributed by atoms with van der Waals surface area (Å²) in [5.74, 6) is -0.0139. The zero-order valence-electron chi connectivity index (χ0n) is 11.2. The van der Waals surface area contributed by atoms with Crippen molar-refractivity contribution in [2.45, 2.75) is 19.8 Å². The highest BCUT2D eigenvalue weighted by atomic mass is 16.3. The summed E-state index contributed by atoms with van der Waals surface area (Å²) in [6.45, 7) is 3.17. The van der Waals surface area contributed by atoms with E-state index in [2.05, 4.69) is 11.9 Å². The van der Waals surface area contributed by atoms with Crippen LogP contribution in [0, 0.1) is 0 Å². The number of aliphatic hydroxyl groups excluding tert-OH is 1. The highest BCUT2D eigenvalue weighted by Crippen LogP contribution is 2.19. The molecule has 0 aliphatic heterocycles. The minimum Gasteiger partial charge on any atom is -0.395 e. The standard InChI is InChI=1S/C15H20N2O2/c1-2-3-8-17(9-10-18)15(19)13-11-16-14-7-5-4-6-12(13)14/h4-7,11,16,18H,2-3,8-10H2,1H3. The van der Waals surface area contributed by atoms with Crippen LogP contribution in [-0.2, 0) is 0 Å². The zero-order chi connectivity index (χ0) is 13.7. The maximum absolute atomic E-state index is 12.5. The van der Waals surface area contributed by atoms with E-state index in [0.717, 1.165) is 23.7 Å². The van der Waals surface area contributed by atoms with E-state index in [1.807, 2.05) is 24.3 Å². The number of rotatable bonds is 6. The Bertz CT molecular complexity index is 548. The molecule has 2 aromatic rings. The van der Waals surface area contributed by atoms with Gasteiger partial charge in [0.05, 0.1) is 12.2 Å². The van der Waals surface area contributed by atoms with Gasteiger partial charge in [0.15, 0.2) is 0 Å². The number of fused-ring (bicyclic) bond motifs is 1. The van der Waals surface area contributed by atoms with Gasteiger partial charge in [0.25, 0.3) is 5.91 Å². The quantitative estimate of drug-likeness (QED) is 0.838. The Morgan fingerprint density at radius 2 is 2.11 bits per heavy atom. The van der Waals surface area contributed by atoms with Crippen molar-refractivity contribution in [1.29, 1.82) is 0 Å². The van der Waals surface area contributed by atoms with Crippen molar-refractivity contribution in [3.8, 4) is 0 Å². The Kier molecular flexibility index (Phi) is 4.58. The van der Waals surface area contributed by atoms with Gasteiger partial charge < -0.3 is 15.0 Å². The van der Waals surface area contributed by atoms with Crippen LogP contribution >= 0.6 is 0 Å². The van der Waals surface area contributed by atoms with E-state index in [-0.39, 0.29) is 12.5 Å². The number of hydrogen-bond acceptors (Lipinski definition) is 2. The number of para-hydroxylation sites is 1. The van der Waals surface area contributed by atoms with Crippen LogP contribution in [-0.4, -0.2) is 40.6 Å². The van der Waals surface area contributed by atoms with Crippen LogP contribution in [0.25, 0.3) is 10.9 Å². The number of aromatic nitrogens is 1. The molecule has 2 N–H and O–H groups in total. The van der Waals surface area contributed by atoms with Gasteiger partial charge in [0.2, 0.25) is 0 Å². The van der Waals surface area contributed by atoms with E-state index in [1.165, 1.54) is 0 Å². The van der Waals surface area contributed by atoms with Gasteiger partial charge in [0.1, 0.15) is 0 Å². The number of aromatic amines is 1. The van der Waals surface area contributed by atoms with Gasteiger partial charge in [-0.3, -0.25) is 4.79 Å².